The van der Waals surface area contributed by atoms with Crippen LogP contribution in [-0.4, -0.2) is 5.91 Å². The lowest BCUT2D eigenvalue weighted by atomic mass is 9.99. The number of carbonyl (C=O) groups excluding carboxylic acids is 1. The third-order valence-electron chi connectivity index (χ3n) is 4.63. The first-order valence-corrected chi connectivity index (χ1v) is 9.37. The first kappa shape index (κ1) is 18.7. The number of hydrogen-bond donors (Lipinski definition) is 1. The van der Waals surface area contributed by atoms with Crippen molar-refractivity contribution in [3.63, 3.8) is 0 Å². The largest absolute Gasteiger partial charge is 0.345 e. The number of hydrogen-bond acceptors (Lipinski definition) is 1. The van der Waals surface area contributed by atoms with Gasteiger partial charge in [0, 0.05) is 5.57 Å². The second kappa shape index (κ2) is 9.00. The molecule has 2 heteroatoms. The number of carbonyl (C=O) groups is 1. The quantitative estimate of drug-likeness (QED) is 0.439. The summed E-state index contributed by atoms with van der Waals surface area (Å²) in [6, 6.07) is 28.1. The van der Waals surface area contributed by atoms with Crippen molar-refractivity contribution in [1.82, 2.24) is 5.32 Å². The lowest BCUT2D eigenvalue weighted by molar-refractivity contribution is -0.116. The lowest BCUT2D eigenvalue weighted by Crippen LogP contribution is -2.28. The van der Waals surface area contributed by atoms with E-state index >= 15 is 0 Å². The van der Waals surface area contributed by atoms with Crippen LogP contribution in [0, 0.1) is 6.92 Å². The fraction of sp³-hybridized carbons (Fsp3) is 0.160. The molecule has 0 fully saturated rings. The molecule has 27 heavy (non-hydrogen) atoms. The highest BCUT2D eigenvalue weighted by Crippen LogP contribution is 2.22. The van der Waals surface area contributed by atoms with Crippen LogP contribution in [-0.2, 0) is 4.79 Å². The van der Waals surface area contributed by atoms with Crippen LogP contribution in [0.5, 0.6) is 0 Å². The average Bonchev–Trinajstić information content (AvgIpc) is 2.72. The Kier molecular flexibility index (Phi) is 6.22. The van der Waals surface area contributed by atoms with Crippen molar-refractivity contribution in [2.45, 2.75) is 26.3 Å². The maximum atomic E-state index is 13.2. The molecule has 0 aromatic heterocycles. The average molecular weight is 355 g/mol. The molecular formula is C25H25NO. The van der Waals surface area contributed by atoms with Gasteiger partial charge in [-0.3, -0.25) is 4.79 Å². The van der Waals surface area contributed by atoms with Crippen molar-refractivity contribution >= 4 is 17.6 Å². The van der Waals surface area contributed by atoms with Crippen molar-refractivity contribution in [3.05, 3.63) is 107 Å². The van der Waals surface area contributed by atoms with Gasteiger partial charge in [0.25, 0.3) is 5.91 Å². The SMILES string of the molecule is CCC(NC(=O)/C(=C/c1ccccc1)c1ccccc1)c1ccc(C)cc1. The zero-order valence-corrected chi connectivity index (χ0v) is 15.9. The molecule has 0 aliphatic rings. The Morgan fingerprint density at radius 1 is 0.889 bits per heavy atom. The summed E-state index contributed by atoms with van der Waals surface area (Å²) in [5, 5.41) is 3.21. The van der Waals surface area contributed by atoms with Gasteiger partial charge in [0.15, 0.2) is 0 Å². The Bertz CT molecular complexity index is 896. The lowest BCUT2D eigenvalue weighted by Gasteiger charge is -2.19. The van der Waals surface area contributed by atoms with Gasteiger partial charge in [0.2, 0.25) is 0 Å². The summed E-state index contributed by atoms with van der Waals surface area (Å²) in [4.78, 5) is 13.2. The van der Waals surface area contributed by atoms with Crippen LogP contribution in [0.3, 0.4) is 0 Å². The molecule has 0 spiro atoms. The van der Waals surface area contributed by atoms with Crippen LogP contribution in [0.25, 0.3) is 11.6 Å². The Hall–Kier alpha value is -3.13. The van der Waals surface area contributed by atoms with Crippen LogP contribution in [0.2, 0.25) is 0 Å². The van der Waals surface area contributed by atoms with Crippen LogP contribution >= 0.6 is 0 Å². The van der Waals surface area contributed by atoms with E-state index in [0.717, 1.165) is 23.1 Å². The van der Waals surface area contributed by atoms with Crippen molar-refractivity contribution in [2.24, 2.45) is 0 Å². The molecule has 0 aliphatic carbocycles. The fourth-order valence-electron chi connectivity index (χ4n) is 3.07. The van der Waals surface area contributed by atoms with E-state index in [0.29, 0.717) is 5.57 Å². The molecule has 0 bridgehead atoms. The molecule has 136 valence electrons. The third kappa shape index (κ3) is 4.95. The van der Waals surface area contributed by atoms with Gasteiger partial charge < -0.3 is 5.32 Å². The molecule has 1 unspecified atom stereocenters. The van der Waals surface area contributed by atoms with Crippen LogP contribution in [0.4, 0.5) is 0 Å². The zero-order valence-electron chi connectivity index (χ0n) is 15.9. The molecule has 0 saturated carbocycles. The molecule has 1 atom stereocenters. The summed E-state index contributed by atoms with van der Waals surface area (Å²) in [5.74, 6) is -0.0579. The molecule has 0 aliphatic heterocycles. The molecule has 3 rings (SSSR count). The normalized spacial score (nSPS) is 12.4. The number of rotatable bonds is 6. The van der Waals surface area contributed by atoms with Gasteiger partial charge in [-0.15, -0.1) is 0 Å². The van der Waals surface area contributed by atoms with Gasteiger partial charge >= 0.3 is 0 Å². The van der Waals surface area contributed by atoms with E-state index in [1.165, 1.54) is 5.56 Å². The summed E-state index contributed by atoms with van der Waals surface area (Å²) in [5.41, 5.74) is 4.94. The van der Waals surface area contributed by atoms with Crippen molar-refractivity contribution < 1.29 is 4.79 Å². The maximum Gasteiger partial charge on any atom is 0.252 e. The van der Waals surface area contributed by atoms with Crippen molar-refractivity contribution in [3.8, 4) is 0 Å². The summed E-state index contributed by atoms with van der Waals surface area (Å²) < 4.78 is 0. The molecule has 0 heterocycles. The van der Waals surface area contributed by atoms with E-state index in [1.54, 1.807) is 0 Å². The van der Waals surface area contributed by atoms with E-state index in [2.05, 4.69) is 43.4 Å². The van der Waals surface area contributed by atoms with E-state index in [4.69, 9.17) is 0 Å². The summed E-state index contributed by atoms with van der Waals surface area (Å²) in [7, 11) is 0. The molecule has 0 radical (unpaired) electrons. The van der Waals surface area contributed by atoms with E-state index < -0.39 is 0 Å². The number of amides is 1. The van der Waals surface area contributed by atoms with Gasteiger partial charge in [-0.2, -0.15) is 0 Å². The van der Waals surface area contributed by atoms with Gasteiger partial charge in [0.1, 0.15) is 0 Å². The fourth-order valence-corrected chi connectivity index (χ4v) is 3.07. The van der Waals surface area contributed by atoms with Gasteiger partial charge in [-0.1, -0.05) is 97.4 Å². The Balaban J connectivity index is 1.91. The second-order valence-corrected chi connectivity index (χ2v) is 6.68. The topological polar surface area (TPSA) is 29.1 Å². The van der Waals surface area contributed by atoms with Crippen LogP contribution in [0.1, 0.15) is 41.6 Å². The molecule has 0 saturated heterocycles. The van der Waals surface area contributed by atoms with Gasteiger partial charge in [0.05, 0.1) is 6.04 Å². The summed E-state index contributed by atoms with van der Waals surface area (Å²) >= 11 is 0. The van der Waals surface area contributed by atoms with Gasteiger partial charge in [-0.05, 0) is 36.1 Å². The monoisotopic (exact) mass is 355 g/mol. The second-order valence-electron chi connectivity index (χ2n) is 6.68. The summed E-state index contributed by atoms with van der Waals surface area (Å²) in [6.07, 6.45) is 2.79. The molecule has 1 N–H and O–H groups in total. The minimum Gasteiger partial charge on any atom is -0.345 e. The van der Waals surface area contributed by atoms with Crippen molar-refractivity contribution in [2.75, 3.05) is 0 Å². The highest BCUT2D eigenvalue weighted by Gasteiger charge is 2.17. The number of nitrogens with one attached hydrogen (secondary N) is 1. The summed E-state index contributed by atoms with van der Waals surface area (Å²) in [6.45, 7) is 4.16. The van der Waals surface area contributed by atoms with Crippen LogP contribution in [0.15, 0.2) is 84.9 Å². The Labute approximate surface area is 161 Å². The molecule has 2 nitrogen and oxygen atoms in total. The van der Waals surface area contributed by atoms with E-state index in [1.807, 2.05) is 66.7 Å². The number of aryl methyl sites for hydroxylation is 1. The first-order valence-electron chi connectivity index (χ1n) is 9.37. The minimum atomic E-state index is -0.0579. The number of benzene rings is 3. The highest BCUT2D eigenvalue weighted by molar-refractivity contribution is 6.24. The molecule has 3 aromatic carbocycles. The first-order chi connectivity index (χ1) is 13.2. The minimum absolute atomic E-state index is 0.0130. The molecular weight excluding hydrogens is 330 g/mol. The Morgan fingerprint density at radius 3 is 2.07 bits per heavy atom. The molecule has 1 amide bonds. The third-order valence-corrected chi connectivity index (χ3v) is 4.63. The van der Waals surface area contributed by atoms with Crippen LogP contribution < -0.4 is 5.32 Å². The standard InChI is InChI=1S/C25H25NO/c1-3-24(22-16-14-19(2)15-17-22)26-25(27)23(21-12-8-5-9-13-21)18-20-10-6-4-7-11-20/h4-18,24H,3H2,1-2H3,(H,26,27)/b23-18+. The van der Waals surface area contributed by atoms with E-state index in [9.17, 15) is 4.79 Å². The predicted octanol–water partition coefficient (Wildman–Crippen LogP) is 5.80. The Morgan fingerprint density at radius 2 is 1.48 bits per heavy atom. The van der Waals surface area contributed by atoms with Crippen molar-refractivity contribution in [1.29, 1.82) is 0 Å². The highest BCUT2D eigenvalue weighted by atomic mass is 16.1. The zero-order chi connectivity index (χ0) is 19.1. The molecule has 3 aromatic rings. The van der Waals surface area contributed by atoms with Gasteiger partial charge in [-0.25, -0.2) is 0 Å². The smallest absolute Gasteiger partial charge is 0.252 e. The predicted molar refractivity (Wildman–Crippen MR) is 113 cm³/mol. The van der Waals surface area contributed by atoms with E-state index in [-0.39, 0.29) is 11.9 Å². The maximum absolute atomic E-state index is 13.2.